The number of nitrogens with zero attached hydrogens (tertiary/aromatic N) is 2. The minimum atomic E-state index is -1.64. The Labute approximate surface area is 272 Å². The van der Waals surface area contributed by atoms with E-state index in [1.807, 2.05) is 39.8 Å². The van der Waals surface area contributed by atoms with Crippen molar-refractivity contribution >= 4 is 16.7 Å². The number of nitriles is 2. The first kappa shape index (κ1) is 33.5. The molecular formula is C38H35F3N2O4. The van der Waals surface area contributed by atoms with Gasteiger partial charge in [0.15, 0.2) is 0 Å². The largest absolute Gasteiger partial charge is 0.460 e. The summed E-state index contributed by atoms with van der Waals surface area (Å²) in [6, 6.07) is 20.1. The number of hydrogen-bond donors (Lipinski definition) is 0. The van der Waals surface area contributed by atoms with E-state index in [2.05, 4.69) is 12.1 Å². The number of rotatable bonds is 9. The smallest absolute Gasteiger partial charge is 0.338 e. The van der Waals surface area contributed by atoms with Crippen LogP contribution in [-0.4, -0.2) is 38.1 Å². The summed E-state index contributed by atoms with van der Waals surface area (Å²) in [5.74, 6) is -1.13. The fourth-order valence-corrected chi connectivity index (χ4v) is 5.95. The number of esters is 1. The minimum absolute atomic E-state index is 0.00898. The molecule has 0 radical (unpaired) electrons. The lowest BCUT2D eigenvalue weighted by molar-refractivity contribution is 0.0335. The summed E-state index contributed by atoms with van der Waals surface area (Å²) in [5.41, 5.74) is 1.79. The van der Waals surface area contributed by atoms with E-state index in [9.17, 15) is 24.1 Å². The van der Waals surface area contributed by atoms with Crippen molar-refractivity contribution in [3.63, 3.8) is 0 Å². The van der Waals surface area contributed by atoms with E-state index in [0.29, 0.717) is 34.4 Å². The van der Waals surface area contributed by atoms with Gasteiger partial charge in [0.25, 0.3) is 0 Å². The van der Waals surface area contributed by atoms with Crippen LogP contribution in [-0.2, 0) is 14.9 Å². The maximum absolute atomic E-state index is 15.3. The fraction of sp³-hybridized carbons (Fsp3) is 0.342. The van der Waals surface area contributed by atoms with E-state index in [4.69, 9.17) is 14.2 Å². The van der Waals surface area contributed by atoms with Crippen LogP contribution < -0.4 is 4.74 Å². The number of carbonyl (C=O) groups excluding carboxylic acids is 1. The number of fused-ring (bicyclic) bond motifs is 1. The second-order valence-electron chi connectivity index (χ2n) is 12.7. The second kappa shape index (κ2) is 13.9. The standard InChI is InChI=1S/C38H35F3N2O4/c1-5-45-9-10-46-37(44)22-7-6-8-30(16-22)47-34-19-28(38(2,3)4)13-25-12-27(20-42)31(21-43)35(36(25)34)26-11-23(14-29(39)15-26)24-17-32(40)33(41)18-24/h6-8,11-16,19,24,32-33H,5,9-10,17-18H2,1-4H3. The monoisotopic (exact) mass is 640 g/mol. The summed E-state index contributed by atoms with van der Waals surface area (Å²) in [7, 11) is 0. The molecule has 0 aromatic heterocycles. The predicted molar refractivity (Wildman–Crippen MR) is 173 cm³/mol. The van der Waals surface area contributed by atoms with Crippen LogP contribution >= 0.6 is 0 Å². The molecule has 1 saturated carbocycles. The Morgan fingerprint density at radius 2 is 1.70 bits per heavy atom. The third-order valence-electron chi connectivity index (χ3n) is 8.35. The number of benzene rings is 4. The van der Waals surface area contributed by atoms with Gasteiger partial charge in [-0.25, -0.2) is 18.0 Å². The lowest BCUT2D eigenvalue weighted by atomic mass is 9.82. The molecule has 1 aliphatic carbocycles. The van der Waals surface area contributed by atoms with Gasteiger partial charge in [-0.1, -0.05) is 39.0 Å². The Balaban J connectivity index is 1.71. The molecule has 0 spiro atoms. The van der Waals surface area contributed by atoms with E-state index in [-0.39, 0.29) is 59.3 Å². The molecule has 242 valence electrons. The van der Waals surface area contributed by atoms with Gasteiger partial charge in [-0.3, -0.25) is 0 Å². The van der Waals surface area contributed by atoms with Crippen molar-refractivity contribution in [2.75, 3.05) is 19.8 Å². The zero-order valence-corrected chi connectivity index (χ0v) is 26.7. The minimum Gasteiger partial charge on any atom is -0.460 e. The van der Waals surface area contributed by atoms with Gasteiger partial charge in [0.05, 0.1) is 23.3 Å². The second-order valence-corrected chi connectivity index (χ2v) is 12.7. The number of ether oxygens (including phenoxy) is 3. The van der Waals surface area contributed by atoms with Gasteiger partial charge in [-0.05, 0) is 95.6 Å². The zero-order valence-electron chi connectivity index (χ0n) is 26.7. The van der Waals surface area contributed by atoms with Gasteiger partial charge in [0, 0.05) is 17.6 Å². The maximum Gasteiger partial charge on any atom is 0.338 e. The molecule has 0 bridgehead atoms. The zero-order chi connectivity index (χ0) is 33.9. The van der Waals surface area contributed by atoms with Crippen molar-refractivity contribution in [1.82, 2.24) is 0 Å². The van der Waals surface area contributed by atoms with Gasteiger partial charge >= 0.3 is 5.97 Å². The molecule has 0 aliphatic heterocycles. The predicted octanol–water partition coefficient (Wildman–Crippen LogP) is 9.23. The highest BCUT2D eigenvalue weighted by Crippen LogP contribution is 2.45. The molecule has 2 unspecified atom stereocenters. The van der Waals surface area contributed by atoms with E-state index in [1.165, 1.54) is 18.2 Å². The topological polar surface area (TPSA) is 92.3 Å². The quantitative estimate of drug-likeness (QED) is 0.134. The Hall–Kier alpha value is -4.86. The highest BCUT2D eigenvalue weighted by atomic mass is 19.2. The molecule has 0 N–H and O–H groups in total. The van der Waals surface area contributed by atoms with Crippen LogP contribution in [0, 0.1) is 28.5 Å². The molecule has 4 aromatic carbocycles. The van der Waals surface area contributed by atoms with E-state index in [0.717, 1.165) is 5.56 Å². The molecule has 5 rings (SSSR count). The first-order valence-electron chi connectivity index (χ1n) is 15.5. The molecule has 0 amide bonds. The molecule has 1 aliphatic rings. The van der Waals surface area contributed by atoms with E-state index in [1.54, 1.807) is 30.3 Å². The van der Waals surface area contributed by atoms with Crippen LogP contribution in [0.25, 0.3) is 21.9 Å². The lowest BCUT2D eigenvalue weighted by Crippen LogP contribution is -2.12. The molecule has 4 aromatic rings. The SMILES string of the molecule is CCOCCOC(=O)c1cccc(Oc2cc(C(C)(C)C)cc3cc(C#N)c(C#N)c(-c4cc(F)cc(C5CC(F)C(F)C5)c4)c23)c1. The van der Waals surface area contributed by atoms with Gasteiger partial charge < -0.3 is 14.2 Å². The van der Waals surface area contributed by atoms with Crippen LogP contribution in [0.4, 0.5) is 13.2 Å². The Morgan fingerprint density at radius 3 is 2.36 bits per heavy atom. The average Bonchev–Trinajstić information content (AvgIpc) is 3.38. The van der Waals surface area contributed by atoms with Crippen molar-refractivity contribution in [3.05, 3.63) is 94.3 Å². The van der Waals surface area contributed by atoms with Crippen molar-refractivity contribution < 1.29 is 32.2 Å². The van der Waals surface area contributed by atoms with Gasteiger partial charge in [0.1, 0.15) is 48.4 Å². The van der Waals surface area contributed by atoms with Crippen molar-refractivity contribution in [1.29, 1.82) is 10.5 Å². The van der Waals surface area contributed by atoms with E-state index < -0.39 is 30.0 Å². The number of halogens is 3. The maximum atomic E-state index is 15.3. The summed E-state index contributed by atoms with van der Waals surface area (Å²) in [4.78, 5) is 12.7. The Kier molecular flexibility index (Phi) is 9.88. The van der Waals surface area contributed by atoms with Crippen LogP contribution in [0.1, 0.15) is 79.1 Å². The van der Waals surface area contributed by atoms with Crippen LogP contribution in [0.2, 0.25) is 0 Å². The van der Waals surface area contributed by atoms with Crippen molar-refractivity contribution in [3.8, 4) is 34.8 Å². The Morgan fingerprint density at radius 1 is 0.957 bits per heavy atom. The summed E-state index contributed by atoms with van der Waals surface area (Å²) in [5, 5.41) is 21.4. The first-order valence-corrected chi connectivity index (χ1v) is 15.5. The third kappa shape index (κ3) is 7.26. The van der Waals surface area contributed by atoms with Crippen LogP contribution in [0.15, 0.2) is 60.7 Å². The summed E-state index contributed by atoms with van der Waals surface area (Å²) in [6.07, 6.45) is -3.45. The van der Waals surface area contributed by atoms with Gasteiger partial charge in [-0.2, -0.15) is 10.5 Å². The van der Waals surface area contributed by atoms with Crippen LogP contribution in [0.5, 0.6) is 11.5 Å². The molecule has 0 heterocycles. The third-order valence-corrected chi connectivity index (χ3v) is 8.35. The first-order chi connectivity index (χ1) is 22.4. The van der Waals surface area contributed by atoms with Gasteiger partial charge in [-0.15, -0.1) is 0 Å². The van der Waals surface area contributed by atoms with Crippen molar-refractivity contribution in [2.45, 2.75) is 64.2 Å². The Bertz CT molecular complexity index is 1890. The van der Waals surface area contributed by atoms with Crippen molar-refractivity contribution in [2.24, 2.45) is 0 Å². The highest BCUT2D eigenvalue weighted by Gasteiger charge is 2.36. The normalized spacial score (nSPS) is 17.7. The molecule has 0 saturated heterocycles. The fourth-order valence-electron chi connectivity index (χ4n) is 5.95. The average molecular weight is 641 g/mol. The summed E-state index contributed by atoms with van der Waals surface area (Å²) in [6.45, 7) is 8.75. The van der Waals surface area contributed by atoms with Gasteiger partial charge in [0.2, 0.25) is 0 Å². The summed E-state index contributed by atoms with van der Waals surface area (Å²) < 4.78 is 60.6. The molecule has 1 fully saturated rings. The number of hydrogen-bond acceptors (Lipinski definition) is 6. The molecular weight excluding hydrogens is 605 g/mol. The highest BCUT2D eigenvalue weighted by molar-refractivity contribution is 6.05. The van der Waals surface area contributed by atoms with Crippen LogP contribution in [0.3, 0.4) is 0 Å². The molecule has 47 heavy (non-hydrogen) atoms. The summed E-state index contributed by atoms with van der Waals surface area (Å²) >= 11 is 0. The lowest BCUT2D eigenvalue weighted by Gasteiger charge is -2.23. The van der Waals surface area contributed by atoms with E-state index >= 15 is 4.39 Å². The number of alkyl halides is 2. The molecule has 9 heteroatoms. The molecule has 6 nitrogen and oxygen atoms in total. The molecule has 2 atom stereocenters. The number of carbonyl (C=O) groups is 1.